The molecular formula is C16H17N3S. The number of likely N-dealkylation sites (N-methyl/N-ethyl adjacent to an activating group) is 1. The highest BCUT2D eigenvalue weighted by Gasteiger charge is 2.27. The first-order chi connectivity index (χ1) is 9.59. The van der Waals surface area contributed by atoms with E-state index in [2.05, 4.69) is 25.1 Å². The van der Waals surface area contributed by atoms with E-state index in [0.29, 0.717) is 11.4 Å². The van der Waals surface area contributed by atoms with Crippen molar-refractivity contribution in [1.29, 1.82) is 10.8 Å². The Morgan fingerprint density at radius 1 is 1.05 bits per heavy atom. The normalized spacial score (nSPS) is 13.6. The molecule has 1 heterocycles. The van der Waals surface area contributed by atoms with Crippen LogP contribution in [0.3, 0.4) is 0 Å². The van der Waals surface area contributed by atoms with Gasteiger partial charge in [-0.25, -0.2) is 0 Å². The summed E-state index contributed by atoms with van der Waals surface area (Å²) in [5, 5.41) is 18.8. The van der Waals surface area contributed by atoms with E-state index in [4.69, 9.17) is 10.8 Å². The highest BCUT2D eigenvalue weighted by atomic mass is 32.1. The van der Waals surface area contributed by atoms with E-state index in [1.807, 2.05) is 23.6 Å². The topological polar surface area (TPSA) is 50.9 Å². The van der Waals surface area contributed by atoms with Crippen molar-refractivity contribution < 1.29 is 0 Å². The van der Waals surface area contributed by atoms with Crippen molar-refractivity contribution in [3.63, 3.8) is 0 Å². The van der Waals surface area contributed by atoms with Crippen LogP contribution in [0.1, 0.15) is 27.1 Å². The van der Waals surface area contributed by atoms with Crippen LogP contribution in [0.25, 0.3) is 0 Å². The van der Waals surface area contributed by atoms with Gasteiger partial charge in [-0.2, -0.15) is 0 Å². The van der Waals surface area contributed by atoms with Crippen LogP contribution in [-0.2, 0) is 6.42 Å². The molecule has 20 heavy (non-hydrogen) atoms. The van der Waals surface area contributed by atoms with Gasteiger partial charge in [-0.3, -0.25) is 10.8 Å². The zero-order valence-corrected chi connectivity index (χ0v) is 12.5. The van der Waals surface area contributed by atoms with E-state index in [1.165, 1.54) is 5.56 Å². The van der Waals surface area contributed by atoms with Crippen molar-refractivity contribution in [2.45, 2.75) is 6.42 Å². The van der Waals surface area contributed by atoms with Gasteiger partial charge in [0.25, 0.3) is 0 Å². The molecule has 3 nitrogen and oxygen atoms in total. The van der Waals surface area contributed by atoms with Crippen LogP contribution in [0.15, 0.2) is 29.6 Å². The minimum absolute atomic E-state index is 0.555. The Balaban J connectivity index is 2.10. The summed E-state index contributed by atoms with van der Waals surface area (Å²) in [6.07, 6.45) is 0.909. The van der Waals surface area contributed by atoms with Gasteiger partial charge in [-0.15, -0.1) is 11.3 Å². The second-order valence-corrected chi connectivity index (χ2v) is 6.22. The molecule has 102 valence electrons. The molecule has 1 aromatic carbocycles. The first-order valence-electron chi connectivity index (χ1n) is 6.62. The predicted octanol–water partition coefficient (Wildman–Crippen LogP) is 3.00. The lowest BCUT2D eigenvalue weighted by molar-refractivity contribution is 0.413. The molecule has 3 rings (SSSR count). The Kier molecular flexibility index (Phi) is 3.28. The second kappa shape index (κ2) is 4.96. The van der Waals surface area contributed by atoms with Crippen LogP contribution >= 0.6 is 11.3 Å². The highest BCUT2D eigenvalue weighted by molar-refractivity contribution is 7.13. The first kappa shape index (κ1) is 13.2. The van der Waals surface area contributed by atoms with E-state index in [1.54, 1.807) is 11.3 Å². The number of hydrogen-bond donors (Lipinski definition) is 2. The van der Waals surface area contributed by atoms with Gasteiger partial charge in [0.1, 0.15) is 0 Å². The standard InChI is InChI=1S/C16H17N3S/c1-19(2)8-6-10-4-3-5-11-13(10)15(18)16-12(14(11)17)7-9-20-16/h3-5,7,9,17-18H,6,8H2,1-2H3. The largest absolute Gasteiger partial charge is 0.309 e. The van der Waals surface area contributed by atoms with Gasteiger partial charge in [0, 0.05) is 23.2 Å². The molecule has 4 heteroatoms. The Labute approximate surface area is 122 Å². The van der Waals surface area contributed by atoms with Crippen LogP contribution in [0.4, 0.5) is 0 Å². The molecule has 1 aliphatic rings. The van der Waals surface area contributed by atoms with Crippen LogP contribution in [0.2, 0.25) is 0 Å². The number of benzene rings is 1. The van der Waals surface area contributed by atoms with Crippen molar-refractivity contribution in [2.24, 2.45) is 0 Å². The van der Waals surface area contributed by atoms with Gasteiger partial charge in [0.05, 0.1) is 16.3 Å². The number of hydrogen-bond acceptors (Lipinski definition) is 4. The minimum atomic E-state index is 0.555. The van der Waals surface area contributed by atoms with E-state index in [9.17, 15) is 0 Å². The van der Waals surface area contributed by atoms with Gasteiger partial charge >= 0.3 is 0 Å². The lowest BCUT2D eigenvalue weighted by atomic mass is 9.84. The van der Waals surface area contributed by atoms with Crippen LogP contribution in [-0.4, -0.2) is 37.0 Å². The highest BCUT2D eigenvalue weighted by Crippen LogP contribution is 2.32. The Bertz CT molecular complexity index is 697. The lowest BCUT2D eigenvalue weighted by Crippen LogP contribution is -2.22. The zero-order valence-electron chi connectivity index (χ0n) is 11.7. The fraction of sp³-hybridized carbons (Fsp3) is 0.250. The molecule has 0 bridgehead atoms. The maximum atomic E-state index is 8.49. The third kappa shape index (κ3) is 2.01. The van der Waals surface area contributed by atoms with Gasteiger partial charge in [0.2, 0.25) is 0 Å². The second-order valence-electron chi connectivity index (χ2n) is 5.31. The molecule has 0 fully saturated rings. The van der Waals surface area contributed by atoms with Crippen molar-refractivity contribution in [3.05, 3.63) is 56.8 Å². The molecule has 1 aromatic heterocycles. The third-order valence-corrected chi connectivity index (χ3v) is 4.59. The summed E-state index contributed by atoms with van der Waals surface area (Å²) in [5.74, 6) is 0. The average Bonchev–Trinajstić information content (AvgIpc) is 2.92. The molecule has 0 radical (unpaired) electrons. The van der Waals surface area contributed by atoms with E-state index in [0.717, 1.165) is 34.5 Å². The average molecular weight is 283 g/mol. The number of fused-ring (bicyclic) bond motifs is 2. The number of thiophene rings is 1. The molecule has 2 N–H and O–H groups in total. The predicted molar refractivity (Wildman–Crippen MR) is 84.9 cm³/mol. The monoisotopic (exact) mass is 283 g/mol. The van der Waals surface area contributed by atoms with Crippen molar-refractivity contribution in [3.8, 4) is 0 Å². The summed E-state index contributed by atoms with van der Waals surface area (Å²) >= 11 is 1.56. The fourth-order valence-electron chi connectivity index (χ4n) is 2.61. The van der Waals surface area contributed by atoms with E-state index < -0.39 is 0 Å². The number of rotatable bonds is 3. The molecule has 0 saturated heterocycles. The number of nitrogens with one attached hydrogen (secondary N) is 2. The van der Waals surface area contributed by atoms with Crippen molar-refractivity contribution in [1.82, 2.24) is 4.90 Å². The molecule has 2 aromatic rings. The molecule has 0 amide bonds. The lowest BCUT2D eigenvalue weighted by Gasteiger charge is -2.22. The van der Waals surface area contributed by atoms with Crippen molar-refractivity contribution in [2.75, 3.05) is 20.6 Å². The molecule has 0 unspecified atom stereocenters. The molecule has 0 spiro atoms. The SMILES string of the molecule is CN(C)CCc1cccc2c1C(=N)c1sccc1C2=N. The minimum Gasteiger partial charge on any atom is -0.309 e. The van der Waals surface area contributed by atoms with Crippen LogP contribution in [0.5, 0.6) is 0 Å². The summed E-state index contributed by atoms with van der Waals surface area (Å²) in [6.45, 7) is 0.953. The molecule has 0 aliphatic heterocycles. The summed E-state index contributed by atoms with van der Waals surface area (Å²) in [7, 11) is 4.11. The number of nitrogens with zero attached hydrogens (tertiary/aromatic N) is 1. The van der Waals surface area contributed by atoms with E-state index in [-0.39, 0.29) is 0 Å². The third-order valence-electron chi connectivity index (χ3n) is 3.66. The summed E-state index contributed by atoms with van der Waals surface area (Å²) in [4.78, 5) is 3.08. The summed E-state index contributed by atoms with van der Waals surface area (Å²) in [6, 6.07) is 8.00. The Hall–Kier alpha value is -1.78. The van der Waals surface area contributed by atoms with Crippen LogP contribution < -0.4 is 0 Å². The fourth-order valence-corrected chi connectivity index (χ4v) is 3.47. The van der Waals surface area contributed by atoms with Gasteiger partial charge in [-0.05, 0) is 37.5 Å². The summed E-state index contributed by atoms with van der Waals surface area (Å²) < 4.78 is 0. The van der Waals surface area contributed by atoms with Gasteiger partial charge < -0.3 is 4.90 Å². The molecule has 0 saturated carbocycles. The molecular weight excluding hydrogens is 266 g/mol. The quantitative estimate of drug-likeness (QED) is 0.763. The smallest absolute Gasteiger partial charge is 0.0800 e. The molecule has 0 atom stereocenters. The summed E-state index contributed by atoms with van der Waals surface area (Å²) in [5.41, 5.74) is 5.06. The maximum absolute atomic E-state index is 8.49. The zero-order chi connectivity index (χ0) is 14.3. The first-order valence-corrected chi connectivity index (χ1v) is 7.50. The Morgan fingerprint density at radius 3 is 2.60 bits per heavy atom. The van der Waals surface area contributed by atoms with Crippen LogP contribution in [0, 0.1) is 10.8 Å². The van der Waals surface area contributed by atoms with Gasteiger partial charge in [-0.1, -0.05) is 18.2 Å². The van der Waals surface area contributed by atoms with Gasteiger partial charge in [0.15, 0.2) is 0 Å². The molecule has 1 aliphatic carbocycles. The maximum Gasteiger partial charge on any atom is 0.0800 e. The van der Waals surface area contributed by atoms with Crippen molar-refractivity contribution >= 4 is 22.8 Å². The Morgan fingerprint density at radius 2 is 1.85 bits per heavy atom. The van der Waals surface area contributed by atoms with E-state index >= 15 is 0 Å².